The van der Waals surface area contributed by atoms with Crippen molar-refractivity contribution < 1.29 is 24.2 Å². The standard InChI is InChI=1S/C22H36N4O6Si/c1-21(2,3)32-20(30)26-13(10-31-33(7,8)22(4,5)6)17(27)18(28)16(26)12-9-23-15-14(12)24-11-25-19(15)29/h9,11,13,16-18,23,27-28H,10H2,1-8H3,(H,24,25,29)/t13-,16-,17-,18+/m1/s1. The predicted molar refractivity (Wildman–Crippen MR) is 126 cm³/mol. The molecule has 3 heterocycles. The number of aromatic nitrogens is 3. The predicted octanol–water partition coefficient (Wildman–Crippen LogP) is 2.66. The third kappa shape index (κ3) is 4.86. The molecule has 10 nitrogen and oxygen atoms in total. The summed E-state index contributed by atoms with van der Waals surface area (Å²) in [6.07, 6.45) is -0.506. The van der Waals surface area contributed by atoms with Gasteiger partial charge in [0.25, 0.3) is 5.56 Å². The van der Waals surface area contributed by atoms with Crippen molar-refractivity contribution in [3.63, 3.8) is 0 Å². The number of aliphatic hydroxyl groups excluding tert-OH is 2. The minimum atomic E-state index is -2.21. The fraction of sp³-hybridized carbons (Fsp3) is 0.682. The Balaban J connectivity index is 2.05. The number of fused-ring (bicyclic) bond motifs is 1. The molecule has 1 saturated heterocycles. The van der Waals surface area contributed by atoms with Crippen LogP contribution in [0, 0.1) is 0 Å². The van der Waals surface area contributed by atoms with Gasteiger partial charge in [-0.25, -0.2) is 9.78 Å². The molecular formula is C22H36N4O6Si. The fourth-order valence-corrected chi connectivity index (χ4v) is 4.75. The first-order valence-corrected chi connectivity index (χ1v) is 14.0. The van der Waals surface area contributed by atoms with Crippen molar-refractivity contribution in [3.05, 3.63) is 28.4 Å². The largest absolute Gasteiger partial charge is 0.444 e. The molecule has 0 aromatic carbocycles. The number of aromatic amines is 2. The molecule has 33 heavy (non-hydrogen) atoms. The monoisotopic (exact) mass is 480 g/mol. The van der Waals surface area contributed by atoms with Gasteiger partial charge in [-0.3, -0.25) is 9.69 Å². The number of nitrogens with one attached hydrogen (secondary N) is 2. The van der Waals surface area contributed by atoms with Crippen molar-refractivity contribution in [2.75, 3.05) is 6.61 Å². The second-order valence-electron chi connectivity index (χ2n) is 11.2. The first-order chi connectivity index (χ1) is 15.0. The number of ether oxygens (including phenoxy) is 1. The first-order valence-electron chi connectivity index (χ1n) is 11.1. The van der Waals surface area contributed by atoms with E-state index >= 15 is 0 Å². The van der Waals surface area contributed by atoms with E-state index in [1.165, 1.54) is 17.4 Å². The van der Waals surface area contributed by atoms with Crippen molar-refractivity contribution in [2.45, 2.75) is 89.6 Å². The quantitative estimate of drug-likeness (QED) is 0.493. The van der Waals surface area contributed by atoms with Crippen LogP contribution in [0.1, 0.15) is 53.1 Å². The summed E-state index contributed by atoms with van der Waals surface area (Å²) in [5, 5.41) is 22.0. The van der Waals surface area contributed by atoms with Gasteiger partial charge in [0.05, 0.1) is 25.0 Å². The summed E-state index contributed by atoms with van der Waals surface area (Å²) in [4.78, 5) is 36.4. The molecule has 1 aliphatic heterocycles. The molecule has 1 fully saturated rings. The second-order valence-corrected chi connectivity index (χ2v) is 16.0. The summed E-state index contributed by atoms with van der Waals surface area (Å²) >= 11 is 0. The number of rotatable bonds is 4. The van der Waals surface area contributed by atoms with E-state index in [0.29, 0.717) is 11.1 Å². The summed E-state index contributed by atoms with van der Waals surface area (Å²) in [7, 11) is -2.21. The number of hydrogen-bond donors (Lipinski definition) is 4. The van der Waals surface area contributed by atoms with Gasteiger partial charge in [0.2, 0.25) is 0 Å². The van der Waals surface area contributed by atoms with Crippen LogP contribution >= 0.6 is 0 Å². The molecule has 0 saturated carbocycles. The van der Waals surface area contributed by atoms with E-state index < -0.39 is 44.3 Å². The van der Waals surface area contributed by atoms with Crippen LogP contribution in [0.4, 0.5) is 4.79 Å². The Hall–Kier alpha value is -2.21. The number of nitrogens with zero attached hydrogens (tertiary/aromatic N) is 2. The summed E-state index contributed by atoms with van der Waals surface area (Å²) in [6, 6.07) is -1.83. The third-order valence-electron chi connectivity index (χ3n) is 6.57. The van der Waals surface area contributed by atoms with E-state index in [9.17, 15) is 19.8 Å². The van der Waals surface area contributed by atoms with Gasteiger partial charge in [0, 0.05) is 11.8 Å². The molecule has 4 N–H and O–H groups in total. The van der Waals surface area contributed by atoms with Crippen molar-refractivity contribution in [1.82, 2.24) is 19.9 Å². The van der Waals surface area contributed by atoms with Gasteiger partial charge in [0.1, 0.15) is 28.8 Å². The molecule has 0 unspecified atom stereocenters. The fourth-order valence-electron chi connectivity index (χ4n) is 3.73. The highest BCUT2D eigenvalue weighted by Gasteiger charge is 2.53. The van der Waals surface area contributed by atoms with Crippen molar-refractivity contribution in [3.8, 4) is 0 Å². The highest BCUT2D eigenvalue weighted by atomic mass is 28.4. The van der Waals surface area contributed by atoms with Crippen molar-refractivity contribution in [1.29, 1.82) is 0 Å². The van der Waals surface area contributed by atoms with Gasteiger partial charge in [-0.2, -0.15) is 0 Å². The maximum atomic E-state index is 13.3. The Bertz CT molecular complexity index is 1070. The lowest BCUT2D eigenvalue weighted by Gasteiger charge is -2.39. The minimum absolute atomic E-state index is 0.0425. The molecule has 184 valence electrons. The lowest BCUT2D eigenvalue weighted by atomic mass is 10.0. The van der Waals surface area contributed by atoms with E-state index in [2.05, 4.69) is 48.8 Å². The molecule has 3 rings (SSSR count). The highest BCUT2D eigenvalue weighted by molar-refractivity contribution is 6.74. The normalized spacial score (nSPS) is 24.5. The SMILES string of the molecule is CC(C)(C)OC(=O)N1[C@H](CO[Si](C)(C)C(C)(C)C)[C@@H](O)[C@@H](O)[C@H]1c1c[nH]c2c(=O)[nH]cnc12. The van der Waals surface area contributed by atoms with E-state index in [1.807, 2.05) is 0 Å². The van der Waals surface area contributed by atoms with Crippen molar-refractivity contribution in [2.24, 2.45) is 0 Å². The maximum Gasteiger partial charge on any atom is 0.411 e. The van der Waals surface area contributed by atoms with Crippen LogP contribution in [0.15, 0.2) is 17.3 Å². The lowest BCUT2D eigenvalue weighted by Crippen LogP contribution is -2.49. The Morgan fingerprint density at radius 3 is 2.36 bits per heavy atom. The van der Waals surface area contributed by atoms with Crippen LogP contribution in [0.3, 0.4) is 0 Å². The first kappa shape index (κ1) is 25.4. The van der Waals surface area contributed by atoms with Crippen LogP contribution in [-0.2, 0) is 9.16 Å². The number of carbonyl (C=O) groups excluding carboxylic acids is 1. The van der Waals surface area contributed by atoms with Gasteiger partial charge in [0.15, 0.2) is 8.32 Å². The molecule has 0 radical (unpaired) electrons. The molecule has 1 aliphatic rings. The summed E-state index contributed by atoms with van der Waals surface area (Å²) < 4.78 is 12.0. The number of likely N-dealkylation sites (tertiary alicyclic amines) is 1. The zero-order valence-corrected chi connectivity index (χ0v) is 21.6. The third-order valence-corrected chi connectivity index (χ3v) is 11.1. The van der Waals surface area contributed by atoms with Gasteiger partial charge in [-0.15, -0.1) is 0 Å². The van der Waals surface area contributed by atoms with Crippen molar-refractivity contribution >= 4 is 25.4 Å². The Morgan fingerprint density at radius 1 is 1.15 bits per heavy atom. The van der Waals surface area contributed by atoms with Crippen LogP contribution in [-0.4, -0.2) is 74.9 Å². The Kier molecular flexibility index (Phi) is 6.57. The van der Waals surface area contributed by atoms with Gasteiger partial charge in [-0.1, -0.05) is 20.8 Å². The Morgan fingerprint density at radius 2 is 1.79 bits per heavy atom. The number of carbonyl (C=O) groups is 1. The van der Waals surface area contributed by atoms with Crippen LogP contribution in [0.2, 0.25) is 18.1 Å². The maximum absolute atomic E-state index is 13.3. The molecule has 0 bridgehead atoms. The second kappa shape index (κ2) is 8.53. The van der Waals surface area contributed by atoms with E-state index in [0.717, 1.165) is 0 Å². The van der Waals surface area contributed by atoms with Crippen LogP contribution < -0.4 is 5.56 Å². The summed E-state index contributed by atoms with van der Waals surface area (Å²) in [6.45, 7) is 15.7. The molecular weight excluding hydrogens is 444 g/mol. The average molecular weight is 481 g/mol. The highest BCUT2D eigenvalue weighted by Crippen LogP contribution is 2.42. The minimum Gasteiger partial charge on any atom is -0.444 e. The number of hydrogen-bond acceptors (Lipinski definition) is 7. The van der Waals surface area contributed by atoms with Crippen LogP contribution in [0.25, 0.3) is 11.0 Å². The summed E-state index contributed by atoms with van der Waals surface area (Å²) in [5.41, 5.74) is -0.210. The zero-order valence-electron chi connectivity index (χ0n) is 20.6. The Labute approximate surface area is 194 Å². The molecule has 2 aromatic heterocycles. The molecule has 0 aliphatic carbocycles. The van der Waals surface area contributed by atoms with Gasteiger partial charge in [-0.05, 0) is 38.9 Å². The smallest absolute Gasteiger partial charge is 0.411 e. The molecule has 11 heteroatoms. The lowest BCUT2D eigenvalue weighted by molar-refractivity contribution is 0.000349. The summed E-state index contributed by atoms with van der Waals surface area (Å²) in [5.74, 6) is 0. The molecule has 0 spiro atoms. The number of H-pyrrole nitrogens is 2. The van der Waals surface area contributed by atoms with E-state index in [1.54, 1.807) is 20.8 Å². The number of aliphatic hydroxyl groups is 2. The average Bonchev–Trinajstić information content (AvgIpc) is 3.18. The van der Waals surface area contributed by atoms with E-state index in [-0.39, 0.29) is 22.7 Å². The van der Waals surface area contributed by atoms with Gasteiger partial charge < -0.3 is 29.3 Å². The molecule has 2 aromatic rings. The van der Waals surface area contributed by atoms with Gasteiger partial charge >= 0.3 is 6.09 Å². The molecule has 1 amide bonds. The van der Waals surface area contributed by atoms with Crippen LogP contribution in [0.5, 0.6) is 0 Å². The topological polar surface area (TPSA) is 141 Å². The molecule has 4 atom stereocenters. The van der Waals surface area contributed by atoms with E-state index in [4.69, 9.17) is 9.16 Å². The zero-order chi connectivity index (χ0) is 24.9. The number of amides is 1.